The van der Waals surface area contributed by atoms with E-state index in [0.717, 1.165) is 0 Å². The molecule has 142 valence electrons. The molecule has 0 aliphatic heterocycles. The van der Waals surface area contributed by atoms with Gasteiger partial charge in [0.1, 0.15) is 5.75 Å². The molecule has 0 saturated heterocycles. The predicted molar refractivity (Wildman–Crippen MR) is 99.4 cm³/mol. The van der Waals surface area contributed by atoms with Gasteiger partial charge in [-0.15, -0.1) is 0 Å². The molecule has 0 aliphatic carbocycles. The van der Waals surface area contributed by atoms with Crippen LogP contribution in [0.4, 0.5) is 0 Å². The molecule has 0 spiro atoms. The number of carbonyl (C=O) groups excluding carboxylic acids is 3. The van der Waals surface area contributed by atoms with Gasteiger partial charge in [-0.3, -0.25) is 14.4 Å². The molecule has 1 unspecified atom stereocenters. The monoisotopic (exact) mass is 390 g/mol. The number of hydrogen-bond donors (Lipinski definition) is 2. The Balaban J connectivity index is 2.02. The van der Waals surface area contributed by atoms with Crippen LogP contribution in [0.25, 0.3) is 0 Å². The number of ether oxygens (including phenoxy) is 2. The highest BCUT2D eigenvalue weighted by Crippen LogP contribution is 2.20. The molecule has 7 nitrogen and oxygen atoms in total. The van der Waals surface area contributed by atoms with Crippen LogP contribution in [0.5, 0.6) is 5.75 Å². The van der Waals surface area contributed by atoms with Crippen molar-refractivity contribution in [3.05, 3.63) is 64.7 Å². The molecular formula is C19H19ClN2O5. The van der Waals surface area contributed by atoms with E-state index in [1.165, 1.54) is 13.2 Å². The van der Waals surface area contributed by atoms with Gasteiger partial charge < -0.3 is 20.5 Å². The number of rotatable bonds is 8. The van der Waals surface area contributed by atoms with Crippen LogP contribution >= 0.6 is 11.6 Å². The third kappa shape index (κ3) is 6.31. The zero-order chi connectivity index (χ0) is 19.8. The molecule has 2 aromatic carbocycles. The lowest BCUT2D eigenvalue weighted by molar-refractivity contribution is -0.141. The summed E-state index contributed by atoms with van der Waals surface area (Å²) < 4.78 is 10.1. The lowest BCUT2D eigenvalue weighted by Gasteiger charge is -2.18. The first kappa shape index (κ1) is 20.3. The Morgan fingerprint density at radius 2 is 1.85 bits per heavy atom. The Bertz CT molecular complexity index is 823. The number of benzene rings is 2. The molecule has 0 aliphatic rings. The van der Waals surface area contributed by atoms with E-state index in [1.807, 2.05) is 0 Å². The third-order valence-electron chi connectivity index (χ3n) is 3.69. The van der Waals surface area contributed by atoms with Gasteiger partial charge in [-0.2, -0.15) is 0 Å². The molecule has 1 atom stereocenters. The summed E-state index contributed by atoms with van der Waals surface area (Å²) in [5.41, 5.74) is 6.19. The standard InChI is InChI=1S/C19H19ClN2O5/c1-26-18(24)10-16(12-5-7-14(20)8-6-12)22-17(23)11-27-15-4-2-3-13(9-15)19(21)25/h2-9,16H,10-11H2,1H3,(H2,21,25)(H,22,23). The van der Waals surface area contributed by atoms with Gasteiger partial charge >= 0.3 is 5.97 Å². The van der Waals surface area contributed by atoms with Crippen LogP contribution in [-0.2, 0) is 14.3 Å². The van der Waals surface area contributed by atoms with Crippen molar-refractivity contribution in [2.24, 2.45) is 5.73 Å². The van der Waals surface area contributed by atoms with Gasteiger partial charge in [-0.25, -0.2) is 0 Å². The lowest BCUT2D eigenvalue weighted by atomic mass is 10.0. The number of hydrogen-bond acceptors (Lipinski definition) is 5. The Labute approximate surface area is 161 Å². The fraction of sp³-hybridized carbons (Fsp3) is 0.211. The normalized spacial score (nSPS) is 11.3. The van der Waals surface area contributed by atoms with Crippen LogP contribution in [0.2, 0.25) is 5.02 Å². The molecule has 0 saturated carbocycles. The Hall–Kier alpha value is -3.06. The van der Waals surface area contributed by atoms with Crippen LogP contribution in [-0.4, -0.2) is 31.5 Å². The van der Waals surface area contributed by atoms with Gasteiger partial charge in [0.25, 0.3) is 5.91 Å². The minimum Gasteiger partial charge on any atom is -0.484 e. The zero-order valence-electron chi connectivity index (χ0n) is 14.6. The first-order valence-corrected chi connectivity index (χ1v) is 8.41. The summed E-state index contributed by atoms with van der Waals surface area (Å²) in [6, 6.07) is 12.4. The number of methoxy groups -OCH3 is 1. The second kappa shape index (κ2) is 9.59. The van der Waals surface area contributed by atoms with Crippen molar-refractivity contribution in [3.8, 4) is 5.75 Å². The molecule has 3 N–H and O–H groups in total. The summed E-state index contributed by atoms with van der Waals surface area (Å²) in [5, 5.41) is 3.27. The zero-order valence-corrected chi connectivity index (χ0v) is 15.4. The summed E-state index contributed by atoms with van der Waals surface area (Å²) in [6.45, 7) is -0.298. The molecule has 0 aromatic heterocycles. The lowest BCUT2D eigenvalue weighted by Crippen LogP contribution is -2.34. The minimum atomic E-state index is -0.595. The highest BCUT2D eigenvalue weighted by Gasteiger charge is 2.19. The Morgan fingerprint density at radius 1 is 1.15 bits per heavy atom. The van der Waals surface area contributed by atoms with E-state index in [9.17, 15) is 14.4 Å². The molecule has 0 bridgehead atoms. The number of halogens is 1. The average molecular weight is 391 g/mol. The maximum absolute atomic E-state index is 12.2. The molecule has 2 amide bonds. The molecule has 0 fully saturated rings. The number of esters is 1. The third-order valence-corrected chi connectivity index (χ3v) is 3.95. The van der Waals surface area contributed by atoms with E-state index in [2.05, 4.69) is 10.1 Å². The van der Waals surface area contributed by atoms with Crippen molar-refractivity contribution in [1.29, 1.82) is 0 Å². The predicted octanol–water partition coefficient (Wildman–Crippen LogP) is 2.24. The largest absolute Gasteiger partial charge is 0.484 e. The number of amides is 2. The van der Waals surface area contributed by atoms with E-state index in [4.69, 9.17) is 22.1 Å². The maximum atomic E-state index is 12.2. The van der Waals surface area contributed by atoms with Gasteiger partial charge in [0, 0.05) is 10.6 Å². The SMILES string of the molecule is COC(=O)CC(NC(=O)COc1cccc(C(N)=O)c1)c1ccc(Cl)cc1. The second-order valence-corrected chi connectivity index (χ2v) is 6.07. The summed E-state index contributed by atoms with van der Waals surface area (Å²) in [6.07, 6.45) is -0.0406. The van der Waals surface area contributed by atoms with Crippen molar-refractivity contribution in [1.82, 2.24) is 5.32 Å². The highest BCUT2D eigenvalue weighted by molar-refractivity contribution is 6.30. The summed E-state index contributed by atoms with van der Waals surface area (Å²) in [5.74, 6) is -1.17. The minimum absolute atomic E-state index is 0.0406. The quantitative estimate of drug-likeness (QED) is 0.672. The smallest absolute Gasteiger partial charge is 0.307 e. The highest BCUT2D eigenvalue weighted by atomic mass is 35.5. The second-order valence-electron chi connectivity index (χ2n) is 5.63. The van der Waals surface area contributed by atoms with E-state index in [-0.39, 0.29) is 18.6 Å². The number of carbonyl (C=O) groups is 3. The van der Waals surface area contributed by atoms with Crippen LogP contribution in [0.3, 0.4) is 0 Å². The van der Waals surface area contributed by atoms with Crippen LogP contribution < -0.4 is 15.8 Å². The van der Waals surface area contributed by atoms with Gasteiger partial charge in [-0.05, 0) is 35.9 Å². The van der Waals surface area contributed by atoms with E-state index < -0.39 is 23.8 Å². The first-order valence-electron chi connectivity index (χ1n) is 8.03. The molecule has 27 heavy (non-hydrogen) atoms. The van der Waals surface area contributed by atoms with Gasteiger partial charge in [-0.1, -0.05) is 29.8 Å². The fourth-order valence-corrected chi connectivity index (χ4v) is 2.45. The van der Waals surface area contributed by atoms with Crippen molar-refractivity contribution >= 4 is 29.4 Å². The van der Waals surface area contributed by atoms with Crippen molar-refractivity contribution in [3.63, 3.8) is 0 Å². The van der Waals surface area contributed by atoms with Crippen LogP contribution in [0, 0.1) is 0 Å². The molecule has 2 rings (SSSR count). The fourth-order valence-electron chi connectivity index (χ4n) is 2.32. The molecule has 0 radical (unpaired) electrons. The van der Waals surface area contributed by atoms with Crippen molar-refractivity contribution in [2.75, 3.05) is 13.7 Å². The maximum Gasteiger partial charge on any atom is 0.307 e. The van der Waals surface area contributed by atoms with Gasteiger partial charge in [0.15, 0.2) is 6.61 Å². The van der Waals surface area contributed by atoms with E-state index in [1.54, 1.807) is 42.5 Å². The molecule has 0 heterocycles. The van der Waals surface area contributed by atoms with Gasteiger partial charge in [0.05, 0.1) is 19.6 Å². The molecular weight excluding hydrogens is 372 g/mol. The summed E-state index contributed by atoms with van der Waals surface area (Å²) in [4.78, 5) is 35.1. The van der Waals surface area contributed by atoms with Crippen LogP contribution in [0.1, 0.15) is 28.4 Å². The van der Waals surface area contributed by atoms with Crippen LogP contribution in [0.15, 0.2) is 48.5 Å². The van der Waals surface area contributed by atoms with E-state index in [0.29, 0.717) is 16.3 Å². The Kier molecular flexibility index (Phi) is 7.19. The molecule has 8 heteroatoms. The summed E-state index contributed by atoms with van der Waals surface area (Å²) in [7, 11) is 1.28. The van der Waals surface area contributed by atoms with Gasteiger partial charge in [0.2, 0.25) is 5.91 Å². The number of primary amides is 1. The average Bonchev–Trinajstić information content (AvgIpc) is 2.66. The van der Waals surface area contributed by atoms with Crippen molar-refractivity contribution in [2.45, 2.75) is 12.5 Å². The number of nitrogens with one attached hydrogen (secondary N) is 1. The van der Waals surface area contributed by atoms with E-state index >= 15 is 0 Å². The Morgan fingerprint density at radius 3 is 2.48 bits per heavy atom. The van der Waals surface area contributed by atoms with Crippen molar-refractivity contribution < 1.29 is 23.9 Å². The number of nitrogens with two attached hydrogens (primary N) is 1. The molecule has 2 aromatic rings. The summed E-state index contributed by atoms with van der Waals surface area (Å²) >= 11 is 5.88. The first-order chi connectivity index (χ1) is 12.9. The topological polar surface area (TPSA) is 108 Å².